The third kappa shape index (κ3) is 2.90. The van der Waals surface area contributed by atoms with E-state index in [0.717, 1.165) is 0 Å². The van der Waals surface area contributed by atoms with Crippen molar-refractivity contribution in [3.05, 3.63) is 23.8 Å². The lowest BCUT2D eigenvalue weighted by atomic mass is 10.1. The monoisotopic (exact) mass is 311 g/mol. The predicted octanol–water partition coefficient (Wildman–Crippen LogP) is 2.10. The molecule has 0 saturated carbocycles. The fraction of sp³-hybridized carbons (Fsp3) is 0.300. The molecule has 21 heavy (non-hydrogen) atoms. The summed E-state index contributed by atoms with van der Waals surface area (Å²) in [5.41, 5.74) is 4.81. The first-order valence-corrected chi connectivity index (χ1v) is 5.39. The average molecular weight is 311 g/mol. The molecule has 5 nitrogen and oxygen atoms in total. The van der Waals surface area contributed by atoms with E-state index in [1.54, 1.807) is 0 Å². The minimum atomic E-state index is -4.39. The number of halogens is 6. The summed E-state index contributed by atoms with van der Waals surface area (Å²) in [4.78, 5) is 0. The summed E-state index contributed by atoms with van der Waals surface area (Å²) < 4.78 is 76.8. The van der Waals surface area contributed by atoms with E-state index in [2.05, 4.69) is 15.5 Å². The van der Waals surface area contributed by atoms with Crippen LogP contribution < -0.4 is 5.73 Å². The van der Waals surface area contributed by atoms with Gasteiger partial charge < -0.3 is 5.73 Å². The highest BCUT2D eigenvalue weighted by molar-refractivity contribution is 5.71. The molecule has 0 saturated heterocycles. The number of nitrogen functional groups attached to an aromatic ring is 1. The van der Waals surface area contributed by atoms with Crippen LogP contribution in [0.2, 0.25) is 0 Å². The van der Waals surface area contributed by atoms with E-state index in [1.807, 2.05) is 0 Å². The van der Waals surface area contributed by atoms with Gasteiger partial charge in [0, 0.05) is 17.3 Å². The second-order valence-electron chi connectivity index (χ2n) is 4.08. The van der Waals surface area contributed by atoms with Gasteiger partial charge in [0.25, 0.3) is 0 Å². The zero-order valence-electron chi connectivity index (χ0n) is 10.1. The second-order valence-corrected chi connectivity index (χ2v) is 4.08. The number of nitrogens with zero attached hydrogens (tertiary/aromatic N) is 4. The van der Waals surface area contributed by atoms with E-state index in [-0.39, 0.29) is 11.3 Å². The maximum atomic E-state index is 13.2. The van der Waals surface area contributed by atoms with Crippen LogP contribution in [-0.2, 0) is 6.54 Å². The molecule has 0 aliphatic rings. The van der Waals surface area contributed by atoms with Gasteiger partial charge in [-0.05, 0) is 16.5 Å². The molecule has 0 aliphatic heterocycles. The van der Waals surface area contributed by atoms with E-state index < -0.39 is 36.4 Å². The smallest absolute Gasteiger partial charge is 0.326 e. The molecule has 0 radical (unpaired) electrons. The highest BCUT2D eigenvalue weighted by Crippen LogP contribution is 2.29. The Morgan fingerprint density at radius 2 is 1.81 bits per heavy atom. The van der Waals surface area contributed by atoms with Gasteiger partial charge in [-0.1, -0.05) is 0 Å². The number of tetrazole rings is 1. The van der Waals surface area contributed by atoms with Crippen LogP contribution in [0.4, 0.5) is 32.0 Å². The van der Waals surface area contributed by atoms with Gasteiger partial charge in [0.2, 0.25) is 0 Å². The number of benzene rings is 1. The van der Waals surface area contributed by atoms with Crippen LogP contribution in [0.3, 0.4) is 0 Å². The SMILES string of the molecule is Nc1cc(F)c(F)cc1-c1nnnn1CC(F)(F)C(F)F. The van der Waals surface area contributed by atoms with E-state index >= 15 is 0 Å². The molecule has 11 heteroatoms. The Kier molecular flexibility index (Phi) is 3.75. The molecule has 0 aliphatic carbocycles. The molecule has 1 aromatic heterocycles. The fourth-order valence-corrected chi connectivity index (χ4v) is 1.53. The number of hydrogen-bond acceptors (Lipinski definition) is 4. The van der Waals surface area contributed by atoms with Crippen LogP contribution >= 0.6 is 0 Å². The topological polar surface area (TPSA) is 69.6 Å². The number of anilines is 1. The summed E-state index contributed by atoms with van der Waals surface area (Å²) in [5.74, 6) is -7.44. The van der Waals surface area contributed by atoms with E-state index in [4.69, 9.17) is 5.73 Å². The predicted molar refractivity (Wildman–Crippen MR) is 58.5 cm³/mol. The molecule has 0 fully saturated rings. The van der Waals surface area contributed by atoms with Crippen molar-refractivity contribution in [3.63, 3.8) is 0 Å². The van der Waals surface area contributed by atoms with Crippen LogP contribution in [0.15, 0.2) is 12.1 Å². The van der Waals surface area contributed by atoms with Gasteiger partial charge in [0.1, 0.15) is 6.54 Å². The average Bonchev–Trinajstić information content (AvgIpc) is 2.81. The quantitative estimate of drug-likeness (QED) is 0.693. The van der Waals surface area contributed by atoms with Crippen molar-refractivity contribution in [2.45, 2.75) is 18.9 Å². The largest absolute Gasteiger partial charge is 0.398 e. The molecule has 0 amide bonds. The van der Waals surface area contributed by atoms with Gasteiger partial charge in [-0.2, -0.15) is 8.78 Å². The summed E-state index contributed by atoms with van der Waals surface area (Å²) in [7, 11) is 0. The van der Waals surface area contributed by atoms with Gasteiger partial charge in [-0.15, -0.1) is 5.10 Å². The molecule has 1 heterocycles. The van der Waals surface area contributed by atoms with Crippen molar-refractivity contribution in [1.82, 2.24) is 20.2 Å². The van der Waals surface area contributed by atoms with Crippen LogP contribution in [0.1, 0.15) is 0 Å². The molecule has 2 N–H and O–H groups in total. The number of aromatic nitrogens is 4. The number of alkyl halides is 4. The highest BCUT2D eigenvalue weighted by atomic mass is 19.3. The molecule has 2 rings (SSSR count). The Labute approximate surface area is 113 Å². The molecule has 0 atom stereocenters. The van der Waals surface area contributed by atoms with Crippen molar-refractivity contribution in [3.8, 4) is 11.4 Å². The Hall–Kier alpha value is -2.33. The molecule has 114 valence electrons. The van der Waals surface area contributed by atoms with E-state index in [0.29, 0.717) is 16.8 Å². The molecular formula is C10H7F6N5. The lowest BCUT2D eigenvalue weighted by molar-refractivity contribution is -0.139. The van der Waals surface area contributed by atoms with Crippen LogP contribution in [-0.4, -0.2) is 32.6 Å². The Morgan fingerprint density at radius 3 is 2.43 bits per heavy atom. The third-order valence-electron chi connectivity index (χ3n) is 2.55. The molecule has 0 unspecified atom stereocenters. The minimum Gasteiger partial charge on any atom is -0.398 e. The lowest BCUT2D eigenvalue weighted by Crippen LogP contribution is -2.33. The third-order valence-corrected chi connectivity index (χ3v) is 2.55. The van der Waals surface area contributed by atoms with Gasteiger partial charge in [0.05, 0.1) is 0 Å². The fourth-order valence-electron chi connectivity index (χ4n) is 1.53. The van der Waals surface area contributed by atoms with E-state index in [1.165, 1.54) is 0 Å². The standard InChI is InChI=1S/C10H7F6N5/c11-5-1-4(7(17)2-6(5)12)8-18-19-20-21(8)3-10(15,16)9(13)14/h1-2,9H,3,17H2. The molecule has 0 bridgehead atoms. The summed E-state index contributed by atoms with van der Waals surface area (Å²) in [6.45, 7) is -1.54. The van der Waals surface area contributed by atoms with Crippen LogP contribution in [0.25, 0.3) is 11.4 Å². The van der Waals surface area contributed by atoms with Gasteiger partial charge in [-0.3, -0.25) is 0 Å². The maximum absolute atomic E-state index is 13.2. The zero-order valence-corrected chi connectivity index (χ0v) is 10.1. The van der Waals surface area contributed by atoms with Gasteiger partial charge in [0.15, 0.2) is 17.5 Å². The zero-order chi connectivity index (χ0) is 15.8. The molecule has 1 aromatic carbocycles. The van der Waals surface area contributed by atoms with Crippen molar-refractivity contribution in [1.29, 1.82) is 0 Å². The first kappa shape index (κ1) is 15.1. The first-order chi connectivity index (χ1) is 9.72. The Morgan fingerprint density at radius 1 is 1.19 bits per heavy atom. The summed E-state index contributed by atoms with van der Waals surface area (Å²) in [6, 6.07) is 1.20. The normalized spacial score (nSPS) is 12.1. The van der Waals surface area contributed by atoms with Gasteiger partial charge >= 0.3 is 12.3 Å². The van der Waals surface area contributed by atoms with Crippen molar-refractivity contribution in [2.24, 2.45) is 0 Å². The van der Waals surface area contributed by atoms with Crippen LogP contribution in [0.5, 0.6) is 0 Å². The summed E-state index contributed by atoms with van der Waals surface area (Å²) in [5, 5.41) is 9.49. The second kappa shape index (κ2) is 5.22. The van der Waals surface area contributed by atoms with Gasteiger partial charge in [-0.25, -0.2) is 22.2 Å². The van der Waals surface area contributed by atoms with Crippen molar-refractivity contribution < 1.29 is 26.3 Å². The highest BCUT2D eigenvalue weighted by Gasteiger charge is 2.42. The maximum Gasteiger partial charge on any atom is 0.326 e. The first-order valence-electron chi connectivity index (χ1n) is 5.39. The molecular weight excluding hydrogens is 304 g/mol. The number of hydrogen-bond donors (Lipinski definition) is 1. The Balaban J connectivity index is 2.44. The van der Waals surface area contributed by atoms with E-state index in [9.17, 15) is 26.3 Å². The lowest BCUT2D eigenvalue weighted by Gasteiger charge is -2.15. The summed E-state index contributed by atoms with van der Waals surface area (Å²) >= 11 is 0. The Bertz CT molecular complexity index is 655. The van der Waals surface area contributed by atoms with Crippen LogP contribution in [0, 0.1) is 11.6 Å². The van der Waals surface area contributed by atoms with Crippen molar-refractivity contribution >= 4 is 5.69 Å². The number of nitrogens with two attached hydrogens (primary N) is 1. The minimum absolute atomic E-state index is 0.288. The van der Waals surface area contributed by atoms with Crippen molar-refractivity contribution in [2.75, 3.05) is 5.73 Å². The number of rotatable bonds is 4. The molecule has 0 spiro atoms. The summed E-state index contributed by atoms with van der Waals surface area (Å²) in [6.07, 6.45) is -3.93. The molecule has 2 aromatic rings.